The minimum absolute atomic E-state index is 0.0744. The molecule has 0 radical (unpaired) electrons. The van der Waals surface area contributed by atoms with Crippen molar-refractivity contribution in [3.63, 3.8) is 0 Å². The minimum atomic E-state index is -3.67. The SMILES string of the molecule is CCCS(=O)(=O)OS(C)(C)CC(=O)c1ccccc1C(=O)c1ccccc1. The highest BCUT2D eigenvalue weighted by molar-refractivity contribution is 8.32. The van der Waals surface area contributed by atoms with E-state index in [1.54, 1.807) is 68.0 Å². The van der Waals surface area contributed by atoms with Gasteiger partial charge in [-0.15, -0.1) is 10.3 Å². The lowest BCUT2D eigenvalue weighted by molar-refractivity contribution is 0.0992. The van der Waals surface area contributed by atoms with Crippen LogP contribution in [-0.2, 0) is 13.7 Å². The highest BCUT2D eigenvalue weighted by atomic mass is 32.3. The van der Waals surface area contributed by atoms with Crippen LogP contribution in [0.25, 0.3) is 0 Å². The quantitative estimate of drug-likeness (QED) is 0.589. The number of rotatable bonds is 9. The molecule has 27 heavy (non-hydrogen) atoms. The van der Waals surface area contributed by atoms with Crippen LogP contribution in [0.1, 0.15) is 39.6 Å². The zero-order chi connectivity index (χ0) is 20.1. The summed E-state index contributed by atoms with van der Waals surface area (Å²) in [6.45, 7) is 1.75. The van der Waals surface area contributed by atoms with Crippen molar-refractivity contribution in [1.29, 1.82) is 0 Å². The summed E-state index contributed by atoms with van der Waals surface area (Å²) < 4.78 is 29.2. The second kappa shape index (κ2) is 8.82. The van der Waals surface area contributed by atoms with Crippen molar-refractivity contribution < 1.29 is 21.6 Å². The van der Waals surface area contributed by atoms with Gasteiger partial charge in [0.25, 0.3) is 10.1 Å². The maximum Gasteiger partial charge on any atom is 0.276 e. The third kappa shape index (κ3) is 6.02. The smallest absolute Gasteiger partial charge is 0.276 e. The molecule has 0 aromatic heterocycles. The number of ketones is 2. The highest BCUT2D eigenvalue weighted by Gasteiger charge is 2.27. The van der Waals surface area contributed by atoms with E-state index in [-0.39, 0.29) is 28.6 Å². The number of hydrogen-bond donors (Lipinski definition) is 0. The van der Waals surface area contributed by atoms with Gasteiger partial charge in [-0.05, 0) is 18.9 Å². The van der Waals surface area contributed by atoms with Gasteiger partial charge < -0.3 is 0 Å². The zero-order valence-electron chi connectivity index (χ0n) is 15.7. The second-order valence-corrected chi connectivity index (χ2v) is 11.8. The molecule has 0 unspecified atom stereocenters. The Balaban J connectivity index is 2.26. The molecule has 0 aliphatic heterocycles. The van der Waals surface area contributed by atoms with Gasteiger partial charge in [-0.3, -0.25) is 9.59 Å². The van der Waals surface area contributed by atoms with E-state index in [0.717, 1.165) is 0 Å². The van der Waals surface area contributed by atoms with Crippen LogP contribution < -0.4 is 0 Å². The molecule has 0 bridgehead atoms. The molecular weight excluding hydrogens is 384 g/mol. The van der Waals surface area contributed by atoms with Crippen molar-refractivity contribution >= 4 is 32.0 Å². The standard InChI is InChI=1S/C20H24O5S2/c1-4-14-27(23,24)25-26(2,3)15-19(21)17-12-8-9-13-18(17)20(22)16-10-6-5-7-11-16/h5-13H,4,14-15H2,1-3H3. The maximum absolute atomic E-state index is 12.9. The molecule has 0 aliphatic carbocycles. The largest absolute Gasteiger partial charge is 0.293 e. The van der Waals surface area contributed by atoms with Crippen LogP contribution >= 0.6 is 10.3 Å². The van der Waals surface area contributed by atoms with Gasteiger partial charge in [-0.25, -0.2) is 3.63 Å². The van der Waals surface area contributed by atoms with Gasteiger partial charge in [0.05, 0.1) is 11.5 Å². The van der Waals surface area contributed by atoms with E-state index in [1.165, 1.54) is 0 Å². The average molecular weight is 409 g/mol. The second-order valence-electron chi connectivity index (χ2n) is 6.57. The number of carbonyl (C=O) groups excluding carboxylic acids is 2. The summed E-state index contributed by atoms with van der Waals surface area (Å²) >= 11 is 0. The number of Topliss-reactive ketones (excluding diaryl/α,β-unsaturated/α-hetero) is 1. The van der Waals surface area contributed by atoms with Gasteiger partial charge in [-0.2, -0.15) is 8.42 Å². The van der Waals surface area contributed by atoms with E-state index in [1.807, 2.05) is 6.07 Å². The molecule has 5 nitrogen and oxygen atoms in total. The first-order valence-electron chi connectivity index (χ1n) is 8.52. The van der Waals surface area contributed by atoms with Gasteiger partial charge in [0.15, 0.2) is 11.6 Å². The molecule has 0 saturated heterocycles. The van der Waals surface area contributed by atoms with Crippen LogP contribution in [0.2, 0.25) is 0 Å². The summed E-state index contributed by atoms with van der Waals surface area (Å²) in [6, 6.07) is 15.3. The Kier molecular flexibility index (Phi) is 6.97. The van der Waals surface area contributed by atoms with Crippen LogP contribution in [-0.4, -0.2) is 44.0 Å². The topological polar surface area (TPSA) is 77.5 Å². The van der Waals surface area contributed by atoms with E-state index in [9.17, 15) is 18.0 Å². The summed E-state index contributed by atoms with van der Waals surface area (Å²) in [7, 11) is -5.83. The summed E-state index contributed by atoms with van der Waals surface area (Å²) in [5.74, 6) is -0.705. The van der Waals surface area contributed by atoms with E-state index >= 15 is 0 Å². The molecule has 0 N–H and O–H groups in total. The predicted octanol–water partition coefficient (Wildman–Crippen LogP) is 3.84. The Morgan fingerprint density at radius 1 is 0.889 bits per heavy atom. The monoisotopic (exact) mass is 408 g/mol. The van der Waals surface area contributed by atoms with Gasteiger partial charge in [0, 0.05) is 16.7 Å². The molecule has 2 aromatic carbocycles. The van der Waals surface area contributed by atoms with E-state index in [4.69, 9.17) is 3.63 Å². The first-order valence-corrected chi connectivity index (χ1v) is 12.6. The van der Waals surface area contributed by atoms with Crippen LogP contribution in [0, 0.1) is 0 Å². The van der Waals surface area contributed by atoms with Crippen molar-refractivity contribution in [3.8, 4) is 0 Å². The highest BCUT2D eigenvalue weighted by Crippen LogP contribution is 2.43. The van der Waals surface area contributed by atoms with Crippen molar-refractivity contribution in [1.82, 2.24) is 0 Å². The first kappa shape index (κ1) is 21.3. The number of hydrogen-bond acceptors (Lipinski definition) is 5. The van der Waals surface area contributed by atoms with Gasteiger partial charge in [0.2, 0.25) is 0 Å². The molecule has 0 fully saturated rings. The fourth-order valence-electron chi connectivity index (χ4n) is 2.65. The molecule has 0 spiro atoms. The minimum Gasteiger partial charge on any atom is -0.293 e. The van der Waals surface area contributed by atoms with Gasteiger partial charge >= 0.3 is 0 Å². The molecule has 2 rings (SSSR count). The lowest BCUT2D eigenvalue weighted by Crippen LogP contribution is -2.21. The fraction of sp³-hybridized carbons (Fsp3) is 0.300. The summed E-state index contributed by atoms with van der Waals surface area (Å²) in [4.78, 5) is 25.6. The van der Waals surface area contributed by atoms with Crippen molar-refractivity contribution in [2.75, 3.05) is 24.0 Å². The molecule has 2 aromatic rings. The van der Waals surface area contributed by atoms with E-state index < -0.39 is 20.4 Å². The fourth-order valence-corrected chi connectivity index (χ4v) is 6.65. The third-order valence-corrected chi connectivity index (χ3v) is 7.90. The van der Waals surface area contributed by atoms with Crippen LogP contribution in [0.3, 0.4) is 0 Å². The zero-order valence-corrected chi connectivity index (χ0v) is 17.3. The molecule has 0 heterocycles. The molecule has 0 aliphatic rings. The Labute approximate surface area is 162 Å². The Hall–Kier alpha value is -1.96. The molecule has 0 saturated carbocycles. The lowest BCUT2D eigenvalue weighted by atomic mass is 9.96. The van der Waals surface area contributed by atoms with Crippen LogP contribution in [0.5, 0.6) is 0 Å². The molecule has 0 amide bonds. The van der Waals surface area contributed by atoms with Crippen molar-refractivity contribution in [2.24, 2.45) is 0 Å². The molecular formula is C20H24O5S2. The average Bonchev–Trinajstić information content (AvgIpc) is 2.60. The lowest BCUT2D eigenvalue weighted by Gasteiger charge is -2.29. The number of carbonyl (C=O) groups is 2. The first-order chi connectivity index (χ1) is 12.7. The molecule has 0 atom stereocenters. The molecule has 146 valence electrons. The predicted molar refractivity (Wildman–Crippen MR) is 110 cm³/mol. The Bertz CT molecular complexity index is 918. The Morgan fingerprint density at radius 3 is 2.04 bits per heavy atom. The van der Waals surface area contributed by atoms with Crippen LogP contribution in [0.4, 0.5) is 0 Å². The third-order valence-electron chi connectivity index (χ3n) is 3.73. The van der Waals surface area contributed by atoms with Crippen molar-refractivity contribution in [2.45, 2.75) is 13.3 Å². The van der Waals surface area contributed by atoms with Crippen molar-refractivity contribution in [3.05, 3.63) is 71.3 Å². The van der Waals surface area contributed by atoms with Gasteiger partial charge in [0.1, 0.15) is 0 Å². The maximum atomic E-state index is 12.9. The number of benzene rings is 2. The summed E-state index contributed by atoms with van der Waals surface area (Å²) in [6.07, 6.45) is 3.72. The van der Waals surface area contributed by atoms with E-state index in [2.05, 4.69) is 0 Å². The summed E-state index contributed by atoms with van der Waals surface area (Å²) in [5.41, 5.74) is 1.08. The molecule has 7 heteroatoms. The van der Waals surface area contributed by atoms with E-state index in [0.29, 0.717) is 17.5 Å². The Morgan fingerprint density at radius 2 is 1.44 bits per heavy atom. The normalized spacial score (nSPS) is 12.6. The summed E-state index contributed by atoms with van der Waals surface area (Å²) in [5, 5.41) is 0. The van der Waals surface area contributed by atoms with Gasteiger partial charge in [-0.1, -0.05) is 61.5 Å². The van der Waals surface area contributed by atoms with Crippen LogP contribution in [0.15, 0.2) is 54.6 Å².